The third kappa shape index (κ3) is 11.2. The molecule has 0 aromatic rings. The summed E-state index contributed by atoms with van der Waals surface area (Å²) in [6.07, 6.45) is 9.85. The maximum Gasteiger partial charge on any atom is 0.197 e. The van der Waals surface area contributed by atoms with Gasteiger partial charge in [0.25, 0.3) is 0 Å². The Balaban J connectivity index is 2.50. The van der Waals surface area contributed by atoms with Crippen LogP contribution in [0.5, 0.6) is 0 Å². The van der Waals surface area contributed by atoms with Crippen molar-refractivity contribution in [2.24, 2.45) is 11.8 Å². The third-order valence-corrected chi connectivity index (χ3v) is 6.77. The zero-order valence-electron chi connectivity index (χ0n) is 19.1. The van der Waals surface area contributed by atoms with Crippen LogP contribution < -0.4 is 0 Å². The topological polar surface area (TPSA) is 91.3 Å². The number of ether oxygens (including phenoxy) is 4. The summed E-state index contributed by atoms with van der Waals surface area (Å²) in [4.78, 5) is 21.9. The summed E-state index contributed by atoms with van der Waals surface area (Å²) in [6, 6.07) is 0. The summed E-state index contributed by atoms with van der Waals surface area (Å²) in [5.41, 5.74) is 0. The molecule has 5 atom stereocenters. The molecule has 1 N–H and O–H groups in total. The number of rotatable bonds is 17. The monoisotopic (exact) mass is 448 g/mol. The van der Waals surface area contributed by atoms with Gasteiger partial charge in [-0.25, -0.2) is 0 Å². The van der Waals surface area contributed by atoms with Gasteiger partial charge >= 0.3 is 0 Å². The maximum atomic E-state index is 12.5. The summed E-state index contributed by atoms with van der Waals surface area (Å²) in [7, 11) is 2.07. The van der Waals surface area contributed by atoms with Crippen LogP contribution in [0.4, 0.5) is 0 Å². The van der Waals surface area contributed by atoms with E-state index in [1.807, 2.05) is 6.08 Å². The van der Waals surface area contributed by atoms with Crippen LogP contribution in [0, 0.1) is 11.8 Å². The molecule has 0 spiro atoms. The van der Waals surface area contributed by atoms with Gasteiger partial charge in [-0.2, -0.15) is 0 Å². The van der Waals surface area contributed by atoms with E-state index in [2.05, 4.69) is 6.08 Å². The van der Waals surface area contributed by atoms with Crippen LogP contribution in [0.15, 0.2) is 12.2 Å². The zero-order valence-corrected chi connectivity index (χ0v) is 20.0. The van der Waals surface area contributed by atoms with Crippen LogP contribution in [0.2, 0.25) is 0 Å². The van der Waals surface area contributed by atoms with E-state index in [0.29, 0.717) is 32.4 Å². The number of hydrogen-bond donors (Lipinski definition) is 1. The first-order chi connectivity index (χ1) is 14.3. The van der Waals surface area contributed by atoms with Gasteiger partial charge in [0.15, 0.2) is 7.37 Å². The normalized spacial score (nSPS) is 25.1. The Morgan fingerprint density at radius 3 is 2.50 bits per heavy atom. The Morgan fingerprint density at radius 2 is 1.87 bits per heavy atom. The van der Waals surface area contributed by atoms with E-state index in [-0.39, 0.29) is 29.8 Å². The molecule has 0 bridgehead atoms. The van der Waals surface area contributed by atoms with Gasteiger partial charge in [0.1, 0.15) is 5.78 Å². The first-order valence-corrected chi connectivity index (χ1v) is 13.2. The molecule has 7 nitrogen and oxygen atoms in total. The molecule has 3 unspecified atom stereocenters. The van der Waals surface area contributed by atoms with Gasteiger partial charge in [0, 0.05) is 65.6 Å². The van der Waals surface area contributed by atoms with Crippen LogP contribution in [-0.4, -0.2) is 76.9 Å². The van der Waals surface area contributed by atoms with Gasteiger partial charge in [-0.1, -0.05) is 31.4 Å². The van der Waals surface area contributed by atoms with E-state index in [1.165, 1.54) is 6.66 Å². The average molecular weight is 449 g/mol. The molecule has 0 aromatic heterocycles. The second-order valence-electron chi connectivity index (χ2n) is 8.19. The predicted molar refractivity (Wildman–Crippen MR) is 118 cm³/mol. The first-order valence-electron chi connectivity index (χ1n) is 10.9. The van der Waals surface area contributed by atoms with Gasteiger partial charge in [-0.3, -0.25) is 9.36 Å². The Kier molecular flexibility index (Phi) is 14.0. The molecule has 1 fully saturated rings. The Morgan fingerprint density at radius 1 is 1.13 bits per heavy atom. The van der Waals surface area contributed by atoms with Gasteiger partial charge in [0.05, 0.1) is 18.8 Å². The molecular formula is C22H41O7P. The van der Waals surface area contributed by atoms with E-state index < -0.39 is 7.37 Å². The fourth-order valence-corrected chi connectivity index (χ4v) is 4.70. The van der Waals surface area contributed by atoms with E-state index in [1.54, 1.807) is 21.3 Å². The summed E-state index contributed by atoms with van der Waals surface area (Å²) in [5.74, 6) is 0.262. The summed E-state index contributed by atoms with van der Waals surface area (Å²) >= 11 is 0. The lowest BCUT2D eigenvalue weighted by molar-refractivity contribution is -0.121. The molecule has 0 amide bonds. The van der Waals surface area contributed by atoms with E-state index >= 15 is 0 Å². The quantitative estimate of drug-likeness (QED) is 0.206. The second kappa shape index (κ2) is 15.3. The number of unbranched alkanes of at least 4 members (excludes halogenated alkanes) is 3. The number of Topliss-reactive ketones (excluding diaryl/α,β-unsaturated/α-hetero) is 1. The molecule has 0 aromatic carbocycles. The molecule has 8 heteroatoms. The molecule has 1 saturated carbocycles. The highest BCUT2D eigenvalue weighted by Crippen LogP contribution is 2.37. The molecule has 0 radical (unpaired) electrons. The molecule has 0 heterocycles. The molecule has 1 rings (SSSR count). The lowest BCUT2D eigenvalue weighted by atomic mass is 9.88. The molecule has 0 aliphatic heterocycles. The van der Waals surface area contributed by atoms with Crippen molar-refractivity contribution in [1.29, 1.82) is 0 Å². The Labute approximate surface area is 181 Å². The van der Waals surface area contributed by atoms with Crippen LogP contribution in [-0.2, 0) is 28.3 Å². The van der Waals surface area contributed by atoms with E-state index in [9.17, 15) is 14.3 Å². The van der Waals surface area contributed by atoms with Crippen molar-refractivity contribution in [3.05, 3.63) is 12.2 Å². The van der Waals surface area contributed by atoms with Crippen molar-refractivity contribution in [3.63, 3.8) is 0 Å². The standard InChI is InChI=1S/C22H41O7P/c1-26-13-9-14-29-17-18(27-2)11-12-20-19(21(23)16-22(20)28-3)10-7-5-6-8-15-30(4,24)25/h11-12,18-20,22H,5-10,13-17H2,1-4H3,(H,24,25)/b12-11+/t18?,19-,20-,22?/m1/s1. The number of hydrogen-bond acceptors (Lipinski definition) is 6. The van der Waals surface area contributed by atoms with Crippen LogP contribution in [0.3, 0.4) is 0 Å². The Bertz CT molecular complexity index is 546. The highest BCUT2D eigenvalue weighted by molar-refractivity contribution is 7.57. The van der Waals surface area contributed by atoms with Crippen molar-refractivity contribution in [3.8, 4) is 0 Å². The maximum absolute atomic E-state index is 12.5. The predicted octanol–water partition coefficient (Wildman–Crippen LogP) is 3.68. The van der Waals surface area contributed by atoms with Crippen molar-refractivity contribution < 1.29 is 33.2 Å². The van der Waals surface area contributed by atoms with Crippen molar-refractivity contribution in [2.75, 3.05) is 54.0 Å². The van der Waals surface area contributed by atoms with Gasteiger partial charge < -0.3 is 23.8 Å². The summed E-state index contributed by atoms with van der Waals surface area (Å²) in [5, 5.41) is 0. The Hall–Kier alpha value is -0.560. The molecule has 0 saturated heterocycles. The second-order valence-corrected chi connectivity index (χ2v) is 10.7. The van der Waals surface area contributed by atoms with Crippen LogP contribution in [0.25, 0.3) is 0 Å². The van der Waals surface area contributed by atoms with Crippen LogP contribution in [0.1, 0.15) is 44.9 Å². The van der Waals surface area contributed by atoms with Gasteiger partial charge in [-0.15, -0.1) is 0 Å². The smallest absolute Gasteiger partial charge is 0.197 e. The number of methoxy groups -OCH3 is 3. The zero-order chi connectivity index (χ0) is 22.4. The molecule has 30 heavy (non-hydrogen) atoms. The lowest BCUT2D eigenvalue weighted by Gasteiger charge is -2.21. The molecular weight excluding hydrogens is 407 g/mol. The minimum absolute atomic E-state index is 0.0403. The first kappa shape index (κ1) is 27.5. The van der Waals surface area contributed by atoms with E-state index in [4.69, 9.17) is 18.9 Å². The highest BCUT2D eigenvalue weighted by Gasteiger charge is 2.40. The average Bonchev–Trinajstić information content (AvgIpc) is 3.00. The summed E-state index contributed by atoms with van der Waals surface area (Å²) < 4.78 is 33.1. The number of carbonyl (C=O) groups is 1. The van der Waals surface area contributed by atoms with Crippen LogP contribution >= 0.6 is 7.37 Å². The summed E-state index contributed by atoms with van der Waals surface area (Å²) in [6.45, 7) is 3.17. The van der Waals surface area contributed by atoms with Crippen molar-refractivity contribution in [2.45, 2.75) is 57.2 Å². The van der Waals surface area contributed by atoms with Gasteiger partial charge in [0.2, 0.25) is 0 Å². The van der Waals surface area contributed by atoms with E-state index in [0.717, 1.165) is 38.5 Å². The SMILES string of the molecule is COCCCOCC(/C=C/[C@H]1C(OC)CC(=O)[C@@H]1CCCCCCP(C)(=O)O)OC. The molecule has 1 aliphatic rings. The molecule has 1 aliphatic carbocycles. The minimum atomic E-state index is -2.91. The minimum Gasteiger partial charge on any atom is -0.385 e. The molecule has 176 valence electrons. The number of ketones is 1. The fourth-order valence-electron chi connectivity index (χ4n) is 3.89. The van der Waals surface area contributed by atoms with Gasteiger partial charge in [-0.05, 0) is 19.3 Å². The van der Waals surface area contributed by atoms with Crippen molar-refractivity contribution >= 4 is 13.2 Å². The third-order valence-electron chi connectivity index (χ3n) is 5.62. The van der Waals surface area contributed by atoms with Crippen molar-refractivity contribution in [1.82, 2.24) is 0 Å². The lowest BCUT2D eigenvalue weighted by Crippen LogP contribution is -2.22. The largest absolute Gasteiger partial charge is 0.385 e. The number of carbonyl (C=O) groups excluding carboxylic acids is 1. The fraction of sp³-hybridized carbons (Fsp3) is 0.864. The highest BCUT2D eigenvalue weighted by atomic mass is 31.2.